The van der Waals surface area contributed by atoms with Crippen molar-refractivity contribution in [1.29, 1.82) is 0 Å². The van der Waals surface area contributed by atoms with Crippen molar-refractivity contribution in [2.45, 2.75) is 12.3 Å². The molecule has 1 aliphatic heterocycles. The van der Waals surface area contributed by atoms with Gasteiger partial charge in [-0.3, -0.25) is 4.79 Å². The number of hydrogen-bond donors (Lipinski definition) is 1. The van der Waals surface area contributed by atoms with E-state index in [2.05, 4.69) is 0 Å². The lowest BCUT2D eigenvalue weighted by Gasteiger charge is -2.22. The standard InChI is InChI=1S/C10H10O3/c11-10(12)8-5-6-13-9-4-2-1-3-7(8)9/h1-4,8H,5-6H2,(H,11,12)/t8-/m0/s1. The van der Waals surface area contributed by atoms with Crippen LogP contribution < -0.4 is 4.74 Å². The van der Waals surface area contributed by atoms with E-state index in [0.717, 1.165) is 5.56 Å². The van der Waals surface area contributed by atoms with Gasteiger partial charge in [-0.25, -0.2) is 0 Å². The lowest BCUT2D eigenvalue weighted by Crippen LogP contribution is -2.20. The molecule has 1 N–H and O–H groups in total. The van der Waals surface area contributed by atoms with E-state index in [0.29, 0.717) is 18.8 Å². The van der Waals surface area contributed by atoms with Crippen LogP contribution in [-0.2, 0) is 4.79 Å². The number of carboxylic acids is 1. The normalized spacial score (nSPS) is 20.2. The van der Waals surface area contributed by atoms with Crippen LogP contribution in [-0.4, -0.2) is 17.7 Å². The number of carboxylic acid groups (broad SMARTS) is 1. The van der Waals surface area contributed by atoms with Gasteiger partial charge in [0.2, 0.25) is 0 Å². The number of carbonyl (C=O) groups is 1. The summed E-state index contributed by atoms with van der Waals surface area (Å²) < 4.78 is 5.34. The fraction of sp³-hybridized carbons (Fsp3) is 0.300. The predicted octanol–water partition coefficient (Wildman–Crippen LogP) is 1.64. The Bertz CT molecular complexity index is 333. The van der Waals surface area contributed by atoms with Crippen LogP contribution in [0.2, 0.25) is 0 Å². The summed E-state index contributed by atoms with van der Waals surface area (Å²) in [6, 6.07) is 7.31. The van der Waals surface area contributed by atoms with Gasteiger partial charge in [0, 0.05) is 5.56 Å². The summed E-state index contributed by atoms with van der Waals surface area (Å²) in [6.45, 7) is 0.494. The number of rotatable bonds is 1. The molecule has 0 radical (unpaired) electrons. The highest BCUT2D eigenvalue weighted by atomic mass is 16.5. The molecule has 68 valence electrons. The fourth-order valence-corrected chi connectivity index (χ4v) is 1.60. The summed E-state index contributed by atoms with van der Waals surface area (Å²) in [5, 5.41) is 8.93. The van der Waals surface area contributed by atoms with Gasteiger partial charge >= 0.3 is 5.97 Å². The van der Waals surface area contributed by atoms with Gasteiger partial charge in [0.15, 0.2) is 0 Å². The summed E-state index contributed by atoms with van der Waals surface area (Å²) in [7, 11) is 0. The van der Waals surface area contributed by atoms with E-state index >= 15 is 0 Å². The van der Waals surface area contributed by atoms with E-state index in [4.69, 9.17) is 9.84 Å². The zero-order chi connectivity index (χ0) is 9.26. The monoisotopic (exact) mass is 178 g/mol. The zero-order valence-corrected chi connectivity index (χ0v) is 7.06. The van der Waals surface area contributed by atoms with Crippen molar-refractivity contribution in [2.75, 3.05) is 6.61 Å². The van der Waals surface area contributed by atoms with Crippen LogP contribution in [0.25, 0.3) is 0 Å². The average molecular weight is 178 g/mol. The number of para-hydroxylation sites is 1. The minimum atomic E-state index is -0.768. The van der Waals surface area contributed by atoms with Crippen LogP contribution in [0, 0.1) is 0 Å². The van der Waals surface area contributed by atoms with Gasteiger partial charge in [-0.15, -0.1) is 0 Å². The Kier molecular flexibility index (Phi) is 1.93. The molecular formula is C10H10O3. The number of fused-ring (bicyclic) bond motifs is 1. The number of ether oxygens (including phenoxy) is 1. The topological polar surface area (TPSA) is 46.5 Å². The van der Waals surface area contributed by atoms with E-state index in [1.54, 1.807) is 0 Å². The second kappa shape index (κ2) is 3.09. The van der Waals surface area contributed by atoms with Crippen LogP contribution in [0.4, 0.5) is 0 Å². The molecular weight excluding hydrogens is 168 g/mol. The summed E-state index contributed by atoms with van der Waals surface area (Å²) in [4.78, 5) is 10.9. The molecule has 2 rings (SSSR count). The largest absolute Gasteiger partial charge is 0.493 e. The Morgan fingerprint density at radius 2 is 2.23 bits per heavy atom. The highest BCUT2D eigenvalue weighted by Gasteiger charge is 2.26. The zero-order valence-electron chi connectivity index (χ0n) is 7.06. The van der Waals surface area contributed by atoms with E-state index in [9.17, 15) is 4.79 Å². The summed E-state index contributed by atoms with van der Waals surface area (Å²) >= 11 is 0. The molecule has 0 saturated heterocycles. The van der Waals surface area contributed by atoms with Crippen LogP contribution in [0.1, 0.15) is 17.9 Å². The Balaban J connectivity index is 2.42. The molecule has 0 saturated carbocycles. The van der Waals surface area contributed by atoms with Crippen molar-refractivity contribution in [3.05, 3.63) is 29.8 Å². The maximum Gasteiger partial charge on any atom is 0.311 e. The molecule has 1 atom stereocenters. The molecule has 0 spiro atoms. The minimum Gasteiger partial charge on any atom is -0.493 e. The minimum absolute atomic E-state index is 0.398. The van der Waals surface area contributed by atoms with Crippen molar-refractivity contribution in [3.8, 4) is 5.75 Å². The third-order valence-corrected chi connectivity index (χ3v) is 2.26. The third kappa shape index (κ3) is 1.37. The molecule has 1 aromatic carbocycles. The maximum absolute atomic E-state index is 10.9. The van der Waals surface area contributed by atoms with Gasteiger partial charge in [-0.05, 0) is 12.5 Å². The molecule has 0 aliphatic carbocycles. The van der Waals surface area contributed by atoms with E-state index in [1.165, 1.54) is 0 Å². The van der Waals surface area contributed by atoms with Gasteiger partial charge in [0.25, 0.3) is 0 Å². The first-order valence-corrected chi connectivity index (χ1v) is 4.23. The summed E-state index contributed by atoms with van der Waals surface area (Å²) in [6.07, 6.45) is 0.562. The summed E-state index contributed by atoms with van der Waals surface area (Å²) in [5.41, 5.74) is 0.793. The Hall–Kier alpha value is -1.51. The molecule has 3 heteroatoms. The second-order valence-corrected chi connectivity index (χ2v) is 3.07. The molecule has 0 amide bonds. The molecule has 1 aromatic rings. The van der Waals surface area contributed by atoms with Crippen molar-refractivity contribution in [1.82, 2.24) is 0 Å². The smallest absolute Gasteiger partial charge is 0.311 e. The van der Waals surface area contributed by atoms with Gasteiger partial charge < -0.3 is 9.84 Å². The molecule has 1 heterocycles. The first kappa shape index (κ1) is 8.10. The Morgan fingerprint density at radius 1 is 1.46 bits per heavy atom. The Labute approximate surface area is 76.0 Å². The van der Waals surface area contributed by atoms with E-state index < -0.39 is 11.9 Å². The van der Waals surface area contributed by atoms with Gasteiger partial charge in [-0.2, -0.15) is 0 Å². The first-order chi connectivity index (χ1) is 6.29. The van der Waals surface area contributed by atoms with Crippen molar-refractivity contribution in [2.24, 2.45) is 0 Å². The van der Waals surface area contributed by atoms with Crippen LogP contribution in [0.15, 0.2) is 24.3 Å². The van der Waals surface area contributed by atoms with Crippen molar-refractivity contribution >= 4 is 5.97 Å². The molecule has 1 aliphatic rings. The molecule has 0 unspecified atom stereocenters. The van der Waals surface area contributed by atoms with Gasteiger partial charge in [0.1, 0.15) is 5.75 Å². The SMILES string of the molecule is O=C(O)[C@H]1CCOc2ccccc21. The number of aliphatic carboxylic acids is 1. The molecule has 0 aromatic heterocycles. The number of hydrogen-bond acceptors (Lipinski definition) is 2. The fourth-order valence-electron chi connectivity index (χ4n) is 1.60. The van der Waals surface area contributed by atoms with Crippen molar-refractivity contribution < 1.29 is 14.6 Å². The lowest BCUT2D eigenvalue weighted by molar-refractivity contribution is -0.139. The highest BCUT2D eigenvalue weighted by molar-refractivity contribution is 5.77. The molecule has 13 heavy (non-hydrogen) atoms. The molecule has 3 nitrogen and oxygen atoms in total. The van der Waals surface area contributed by atoms with Crippen LogP contribution >= 0.6 is 0 Å². The van der Waals surface area contributed by atoms with E-state index in [-0.39, 0.29) is 0 Å². The number of benzene rings is 1. The quantitative estimate of drug-likeness (QED) is 0.711. The maximum atomic E-state index is 10.9. The molecule has 0 fully saturated rings. The Morgan fingerprint density at radius 3 is 3.00 bits per heavy atom. The van der Waals surface area contributed by atoms with Crippen LogP contribution in [0.3, 0.4) is 0 Å². The van der Waals surface area contributed by atoms with E-state index in [1.807, 2.05) is 24.3 Å². The average Bonchev–Trinajstić information content (AvgIpc) is 2.17. The van der Waals surface area contributed by atoms with Crippen molar-refractivity contribution in [3.63, 3.8) is 0 Å². The summed E-state index contributed by atoms with van der Waals surface area (Å²) in [5.74, 6) is -0.457. The second-order valence-electron chi connectivity index (χ2n) is 3.07. The van der Waals surface area contributed by atoms with Gasteiger partial charge in [0.05, 0.1) is 12.5 Å². The first-order valence-electron chi connectivity index (χ1n) is 4.23. The van der Waals surface area contributed by atoms with Crippen LogP contribution in [0.5, 0.6) is 5.75 Å². The lowest BCUT2D eigenvalue weighted by atomic mass is 9.93. The highest BCUT2D eigenvalue weighted by Crippen LogP contribution is 2.33. The third-order valence-electron chi connectivity index (χ3n) is 2.26. The van der Waals surface area contributed by atoms with Gasteiger partial charge in [-0.1, -0.05) is 18.2 Å². The predicted molar refractivity (Wildman–Crippen MR) is 46.9 cm³/mol. The molecule has 0 bridgehead atoms.